The van der Waals surface area contributed by atoms with Gasteiger partial charge in [0, 0.05) is 10.9 Å². The van der Waals surface area contributed by atoms with Crippen LogP contribution in [0.4, 0.5) is 13.2 Å². The van der Waals surface area contributed by atoms with Gasteiger partial charge in [-0.3, -0.25) is 4.79 Å². The van der Waals surface area contributed by atoms with Gasteiger partial charge in [0.15, 0.2) is 9.84 Å². The van der Waals surface area contributed by atoms with Crippen LogP contribution in [0.1, 0.15) is 17.1 Å². The van der Waals surface area contributed by atoms with Crippen LogP contribution >= 0.6 is 11.3 Å². The number of carbonyl (C=O) groups is 1. The Morgan fingerprint density at radius 3 is 2.63 bits per heavy atom. The van der Waals surface area contributed by atoms with Crippen LogP contribution in [0.25, 0.3) is 11.0 Å². The first-order valence-electron chi connectivity index (χ1n) is 9.19. The molecule has 0 unspecified atom stereocenters. The number of sulfone groups is 1. The van der Waals surface area contributed by atoms with Crippen LogP contribution in [0.2, 0.25) is 0 Å². The Labute approximate surface area is 174 Å². The number of imidazole rings is 1. The molecule has 1 atom stereocenters. The van der Waals surface area contributed by atoms with Crippen molar-refractivity contribution in [2.24, 2.45) is 0 Å². The lowest BCUT2D eigenvalue weighted by molar-refractivity contribution is -0.148. The lowest BCUT2D eigenvalue weighted by atomic mass is 10.2. The third kappa shape index (κ3) is 4.22. The number of rotatable bonds is 5. The second-order valence-electron chi connectivity index (χ2n) is 7.17. The predicted molar refractivity (Wildman–Crippen MR) is 107 cm³/mol. The first-order chi connectivity index (χ1) is 14.1. The van der Waals surface area contributed by atoms with Gasteiger partial charge in [0.1, 0.15) is 6.54 Å². The molecule has 1 amide bonds. The first-order valence-corrected chi connectivity index (χ1v) is 11.9. The average molecular weight is 457 g/mol. The van der Waals surface area contributed by atoms with E-state index < -0.39 is 40.3 Å². The number of thiophene rings is 1. The molecule has 1 aliphatic heterocycles. The number of amides is 1. The Kier molecular flexibility index (Phi) is 5.35. The summed E-state index contributed by atoms with van der Waals surface area (Å²) in [6, 6.07) is 9.15. The Morgan fingerprint density at radius 2 is 2.00 bits per heavy atom. The summed E-state index contributed by atoms with van der Waals surface area (Å²) in [6.07, 6.45) is -4.45. The normalized spacial score (nSPS) is 18.7. The molecule has 0 spiro atoms. The number of benzene rings is 1. The third-order valence-corrected chi connectivity index (χ3v) is 7.69. The molecule has 4 rings (SSSR count). The molecule has 1 fully saturated rings. The van der Waals surface area contributed by atoms with Crippen LogP contribution in [-0.2, 0) is 33.9 Å². The highest BCUT2D eigenvalue weighted by Crippen LogP contribution is 2.32. The fourth-order valence-electron chi connectivity index (χ4n) is 3.69. The number of fused-ring (bicyclic) bond motifs is 1. The molecule has 30 heavy (non-hydrogen) atoms. The predicted octanol–water partition coefficient (Wildman–Crippen LogP) is 3.33. The van der Waals surface area contributed by atoms with Crippen molar-refractivity contribution in [1.29, 1.82) is 0 Å². The zero-order chi connectivity index (χ0) is 21.5. The van der Waals surface area contributed by atoms with Crippen LogP contribution in [0.3, 0.4) is 0 Å². The molecule has 0 N–H and O–H groups in total. The summed E-state index contributed by atoms with van der Waals surface area (Å²) >= 11 is 1.40. The quantitative estimate of drug-likeness (QED) is 0.589. The minimum absolute atomic E-state index is 0.0340. The molecular formula is C19H18F3N3O3S2. The van der Waals surface area contributed by atoms with E-state index in [2.05, 4.69) is 4.98 Å². The second kappa shape index (κ2) is 7.69. The molecule has 0 radical (unpaired) electrons. The van der Waals surface area contributed by atoms with Gasteiger partial charge in [-0.05, 0) is 30.0 Å². The van der Waals surface area contributed by atoms with Gasteiger partial charge in [0.2, 0.25) is 11.7 Å². The smallest absolute Gasteiger partial charge is 0.332 e. The zero-order valence-corrected chi connectivity index (χ0v) is 17.3. The summed E-state index contributed by atoms with van der Waals surface area (Å²) < 4.78 is 65.4. The molecule has 2 aromatic heterocycles. The van der Waals surface area contributed by atoms with Gasteiger partial charge in [0.05, 0.1) is 29.1 Å². The highest BCUT2D eigenvalue weighted by Gasteiger charge is 2.39. The molecule has 11 heteroatoms. The van der Waals surface area contributed by atoms with Gasteiger partial charge in [-0.25, -0.2) is 13.4 Å². The molecule has 3 heterocycles. The summed E-state index contributed by atoms with van der Waals surface area (Å²) in [7, 11) is -3.27. The maximum Gasteiger partial charge on any atom is 0.449 e. The van der Waals surface area contributed by atoms with E-state index >= 15 is 0 Å². The van der Waals surface area contributed by atoms with E-state index in [1.54, 1.807) is 18.2 Å². The number of hydrogen-bond donors (Lipinski definition) is 0. The van der Waals surface area contributed by atoms with Crippen molar-refractivity contribution in [3.8, 4) is 0 Å². The van der Waals surface area contributed by atoms with Crippen LogP contribution in [0.5, 0.6) is 0 Å². The molecule has 1 aliphatic rings. The highest BCUT2D eigenvalue weighted by molar-refractivity contribution is 7.91. The summed E-state index contributed by atoms with van der Waals surface area (Å²) in [5.74, 6) is -1.93. The van der Waals surface area contributed by atoms with Crippen LogP contribution in [0.15, 0.2) is 41.8 Å². The number of para-hydroxylation sites is 2. The van der Waals surface area contributed by atoms with Crippen molar-refractivity contribution >= 4 is 38.1 Å². The van der Waals surface area contributed by atoms with Crippen molar-refractivity contribution in [1.82, 2.24) is 14.5 Å². The fraction of sp³-hybridized carbons (Fsp3) is 0.368. The van der Waals surface area contributed by atoms with E-state index in [0.717, 1.165) is 9.44 Å². The summed E-state index contributed by atoms with van der Waals surface area (Å²) in [6.45, 7) is -0.415. The van der Waals surface area contributed by atoms with Crippen molar-refractivity contribution in [3.05, 3.63) is 52.5 Å². The SMILES string of the molecule is O=C(Cn1c(C(F)(F)F)nc2ccccc21)N(Cc1cccs1)[C@H]1CCS(=O)(=O)C1. The van der Waals surface area contributed by atoms with Crippen molar-refractivity contribution in [2.45, 2.75) is 31.7 Å². The third-order valence-electron chi connectivity index (χ3n) is 5.08. The number of carbonyl (C=O) groups excluding carboxylic acids is 1. The lowest BCUT2D eigenvalue weighted by Crippen LogP contribution is -2.42. The Hall–Kier alpha value is -2.40. The minimum Gasteiger partial charge on any atom is -0.332 e. The van der Waals surface area contributed by atoms with Gasteiger partial charge < -0.3 is 9.47 Å². The monoisotopic (exact) mass is 457 g/mol. The van der Waals surface area contributed by atoms with E-state index in [-0.39, 0.29) is 35.5 Å². The largest absolute Gasteiger partial charge is 0.449 e. The highest BCUT2D eigenvalue weighted by atomic mass is 32.2. The van der Waals surface area contributed by atoms with E-state index in [9.17, 15) is 26.4 Å². The molecule has 1 saturated heterocycles. The van der Waals surface area contributed by atoms with E-state index in [1.165, 1.54) is 28.4 Å². The minimum atomic E-state index is -4.73. The van der Waals surface area contributed by atoms with Gasteiger partial charge in [0.25, 0.3) is 0 Å². The molecule has 160 valence electrons. The maximum atomic E-state index is 13.6. The molecule has 0 aliphatic carbocycles. The molecule has 0 saturated carbocycles. The Bertz CT molecular complexity index is 1170. The average Bonchev–Trinajstić information content (AvgIpc) is 3.38. The van der Waals surface area contributed by atoms with Gasteiger partial charge >= 0.3 is 6.18 Å². The Balaban J connectivity index is 1.69. The van der Waals surface area contributed by atoms with Gasteiger partial charge in [-0.2, -0.15) is 13.2 Å². The van der Waals surface area contributed by atoms with E-state index in [1.807, 2.05) is 11.4 Å². The van der Waals surface area contributed by atoms with Crippen molar-refractivity contribution in [3.63, 3.8) is 0 Å². The standard InChI is InChI=1S/C19H18F3N3O3S2/c20-19(21,22)18-23-15-5-1-2-6-16(15)25(18)11-17(26)24(10-14-4-3-8-29-14)13-7-9-30(27,28)12-13/h1-6,8,13H,7,9-12H2/t13-/m0/s1. The van der Waals surface area contributed by atoms with Crippen LogP contribution in [0, 0.1) is 0 Å². The number of aromatic nitrogens is 2. The zero-order valence-electron chi connectivity index (χ0n) is 15.7. The van der Waals surface area contributed by atoms with Crippen molar-refractivity contribution in [2.75, 3.05) is 11.5 Å². The molecule has 6 nitrogen and oxygen atoms in total. The Morgan fingerprint density at radius 1 is 1.23 bits per heavy atom. The summed E-state index contributed by atoms with van der Waals surface area (Å²) in [5.41, 5.74) is 0.346. The van der Waals surface area contributed by atoms with Crippen LogP contribution in [-0.4, -0.2) is 46.3 Å². The molecular weight excluding hydrogens is 439 g/mol. The molecule has 1 aromatic carbocycles. The van der Waals surface area contributed by atoms with Crippen molar-refractivity contribution < 1.29 is 26.4 Å². The first kappa shape index (κ1) is 20.9. The number of halogens is 3. The lowest BCUT2D eigenvalue weighted by Gasteiger charge is -2.28. The number of nitrogens with zero attached hydrogens (tertiary/aromatic N) is 3. The topological polar surface area (TPSA) is 72.3 Å². The number of hydrogen-bond acceptors (Lipinski definition) is 5. The van der Waals surface area contributed by atoms with Gasteiger partial charge in [-0.15, -0.1) is 11.3 Å². The molecule has 0 bridgehead atoms. The van der Waals surface area contributed by atoms with Crippen LogP contribution < -0.4 is 0 Å². The van der Waals surface area contributed by atoms with E-state index in [0.29, 0.717) is 0 Å². The number of alkyl halides is 3. The molecule has 3 aromatic rings. The maximum absolute atomic E-state index is 13.6. The fourth-order valence-corrected chi connectivity index (χ4v) is 6.12. The summed E-state index contributed by atoms with van der Waals surface area (Å²) in [5, 5.41) is 1.83. The van der Waals surface area contributed by atoms with E-state index in [4.69, 9.17) is 0 Å². The second-order valence-corrected chi connectivity index (χ2v) is 10.4. The van der Waals surface area contributed by atoms with Gasteiger partial charge in [-0.1, -0.05) is 18.2 Å². The summed E-state index contributed by atoms with van der Waals surface area (Å²) in [4.78, 5) is 19.1.